The second-order valence-corrected chi connectivity index (χ2v) is 5.98. The molecule has 3 rings (SSSR count). The lowest BCUT2D eigenvalue weighted by Crippen LogP contribution is -2.21. The number of thioether (sulfide) groups is 1. The molecule has 20 heavy (non-hydrogen) atoms. The van der Waals surface area contributed by atoms with E-state index in [1.165, 1.54) is 12.1 Å². The molecule has 2 aromatic rings. The Morgan fingerprint density at radius 3 is 2.90 bits per heavy atom. The molecule has 2 atom stereocenters. The van der Waals surface area contributed by atoms with Crippen LogP contribution in [0.1, 0.15) is 31.0 Å². The molecule has 0 saturated carbocycles. The largest absolute Gasteiger partial charge is 0.339 e. The third kappa shape index (κ3) is 3.02. The second-order valence-electron chi connectivity index (χ2n) is 4.93. The average molecular weight is 293 g/mol. The molecular formula is C14H16FN3OS. The van der Waals surface area contributed by atoms with E-state index < -0.39 is 0 Å². The monoisotopic (exact) mass is 293 g/mol. The molecule has 0 spiro atoms. The van der Waals surface area contributed by atoms with Crippen LogP contribution in [0.25, 0.3) is 0 Å². The van der Waals surface area contributed by atoms with Crippen molar-refractivity contribution in [1.82, 2.24) is 15.5 Å². The fourth-order valence-electron chi connectivity index (χ4n) is 2.35. The number of hydrogen-bond donors (Lipinski definition) is 1. The Morgan fingerprint density at radius 1 is 1.40 bits per heavy atom. The molecule has 1 N–H and O–H groups in total. The number of hydrogen-bond acceptors (Lipinski definition) is 5. The third-order valence-corrected chi connectivity index (χ3v) is 4.52. The Bertz CT molecular complexity index is 572. The van der Waals surface area contributed by atoms with Crippen molar-refractivity contribution >= 4 is 11.8 Å². The zero-order valence-corrected chi connectivity index (χ0v) is 12.0. The second kappa shape index (κ2) is 5.93. The van der Waals surface area contributed by atoms with E-state index in [0.717, 1.165) is 23.8 Å². The van der Waals surface area contributed by atoms with Crippen LogP contribution in [-0.2, 0) is 5.75 Å². The van der Waals surface area contributed by atoms with Crippen LogP contribution in [0.3, 0.4) is 0 Å². The number of nitrogens with zero attached hydrogens (tertiary/aromatic N) is 2. The molecular weight excluding hydrogens is 277 g/mol. The number of aromatic nitrogens is 2. The Balaban J connectivity index is 1.61. The molecule has 1 aliphatic rings. The van der Waals surface area contributed by atoms with Crippen LogP contribution in [0, 0.1) is 5.82 Å². The smallest absolute Gasteiger partial charge is 0.231 e. The van der Waals surface area contributed by atoms with Crippen molar-refractivity contribution in [3.8, 4) is 0 Å². The highest BCUT2D eigenvalue weighted by molar-refractivity contribution is 7.98. The van der Waals surface area contributed by atoms with Crippen LogP contribution in [0.2, 0.25) is 0 Å². The standard InChI is InChI=1S/C14H16FN3OS/c1-9-12(6-7-16-9)14-17-13(18-19-14)8-20-11-4-2-10(15)3-5-11/h2-5,9,12,16H,6-8H2,1H3. The Hall–Kier alpha value is -1.40. The van der Waals surface area contributed by atoms with Crippen molar-refractivity contribution in [1.29, 1.82) is 0 Å². The molecule has 4 nitrogen and oxygen atoms in total. The summed E-state index contributed by atoms with van der Waals surface area (Å²) in [6, 6.07) is 6.80. The zero-order valence-electron chi connectivity index (χ0n) is 11.2. The van der Waals surface area contributed by atoms with Gasteiger partial charge in [-0.1, -0.05) is 5.16 Å². The van der Waals surface area contributed by atoms with Gasteiger partial charge in [-0.3, -0.25) is 0 Å². The van der Waals surface area contributed by atoms with E-state index in [1.807, 2.05) is 0 Å². The van der Waals surface area contributed by atoms with Crippen molar-refractivity contribution in [3.05, 3.63) is 41.8 Å². The van der Waals surface area contributed by atoms with Crippen molar-refractivity contribution in [2.45, 2.75) is 36.0 Å². The molecule has 2 heterocycles. The fourth-order valence-corrected chi connectivity index (χ4v) is 3.09. The summed E-state index contributed by atoms with van der Waals surface area (Å²) in [4.78, 5) is 5.46. The topological polar surface area (TPSA) is 51.0 Å². The van der Waals surface area contributed by atoms with E-state index in [0.29, 0.717) is 23.5 Å². The van der Waals surface area contributed by atoms with Crippen molar-refractivity contribution in [2.75, 3.05) is 6.54 Å². The van der Waals surface area contributed by atoms with E-state index in [4.69, 9.17) is 4.52 Å². The van der Waals surface area contributed by atoms with Gasteiger partial charge in [-0.15, -0.1) is 11.8 Å². The lowest BCUT2D eigenvalue weighted by atomic mass is 10.0. The Morgan fingerprint density at radius 2 is 2.20 bits per heavy atom. The highest BCUT2D eigenvalue weighted by Crippen LogP contribution is 2.27. The fraction of sp³-hybridized carbons (Fsp3) is 0.429. The summed E-state index contributed by atoms with van der Waals surface area (Å²) < 4.78 is 18.2. The van der Waals surface area contributed by atoms with Crippen LogP contribution in [0.5, 0.6) is 0 Å². The first-order chi connectivity index (χ1) is 9.72. The number of nitrogens with one attached hydrogen (secondary N) is 1. The first-order valence-electron chi connectivity index (χ1n) is 6.66. The Labute approximate surface area is 121 Å². The normalized spacial score (nSPS) is 22.3. The first kappa shape index (κ1) is 13.6. The van der Waals surface area contributed by atoms with E-state index >= 15 is 0 Å². The van der Waals surface area contributed by atoms with Gasteiger partial charge in [0.15, 0.2) is 5.82 Å². The van der Waals surface area contributed by atoms with E-state index in [1.54, 1.807) is 23.9 Å². The van der Waals surface area contributed by atoms with Crippen molar-refractivity contribution in [2.24, 2.45) is 0 Å². The van der Waals surface area contributed by atoms with Crippen molar-refractivity contribution in [3.63, 3.8) is 0 Å². The van der Waals surface area contributed by atoms with Gasteiger partial charge in [-0.2, -0.15) is 4.98 Å². The lowest BCUT2D eigenvalue weighted by Gasteiger charge is -2.08. The van der Waals surface area contributed by atoms with Gasteiger partial charge in [-0.05, 0) is 44.2 Å². The van der Waals surface area contributed by atoms with Crippen LogP contribution >= 0.6 is 11.8 Å². The molecule has 106 valence electrons. The lowest BCUT2D eigenvalue weighted by molar-refractivity contribution is 0.342. The minimum absolute atomic E-state index is 0.223. The van der Waals surface area contributed by atoms with Gasteiger partial charge in [0, 0.05) is 10.9 Å². The average Bonchev–Trinajstić information content (AvgIpc) is 3.06. The van der Waals surface area contributed by atoms with Crippen LogP contribution in [0.4, 0.5) is 4.39 Å². The molecule has 0 bridgehead atoms. The summed E-state index contributed by atoms with van der Waals surface area (Å²) in [5.74, 6) is 2.13. The minimum Gasteiger partial charge on any atom is -0.339 e. The summed E-state index contributed by atoms with van der Waals surface area (Å²) in [5, 5.41) is 7.39. The van der Waals surface area contributed by atoms with E-state index in [-0.39, 0.29) is 5.82 Å². The maximum atomic E-state index is 12.8. The summed E-state index contributed by atoms with van der Waals surface area (Å²) in [5.41, 5.74) is 0. The van der Waals surface area contributed by atoms with Gasteiger partial charge in [0.25, 0.3) is 0 Å². The number of benzene rings is 1. The van der Waals surface area contributed by atoms with Gasteiger partial charge in [0.1, 0.15) is 5.82 Å². The SMILES string of the molecule is CC1NCCC1c1nc(CSc2ccc(F)cc2)no1. The number of halogens is 1. The molecule has 1 fully saturated rings. The zero-order chi connectivity index (χ0) is 13.9. The highest BCUT2D eigenvalue weighted by Gasteiger charge is 2.29. The molecule has 1 aromatic heterocycles. The molecule has 0 radical (unpaired) electrons. The highest BCUT2D eigenvalue weighted by atomic mass is 32.2. The van der Waals surface area contributed by atoms with Crippen molar-refractivity contribution < 1.29 is 8.91 Å². The first-order valence-corrected chi connectivity index (χ1v) is 7.65. The number of rotatable bonds is 4. The predicted molar refractivity (Wildman–Crippen MR) is 75.1 cm³/mol. The molecule has 1 aliphatic heterocycles. The maximum absolute atomic E-state index is 12.8. The van der Waals surface area contributed by atoms with Gasteiger partial charge < -0.3 is 9.84 Å². The molecule has 0 amide bonds. The molecule has 1 aromatic carbocycles. The predicted octanol–water partition coefficient (Wildman–Crippen LogP) is 2.97. The molecule has 0 aliphatic carbocycles. The van der Waals surface area contributed by atoms with Gasteiger partial charge >= 0.3 is 0 Å². The van der Waals surface area contributed by atoms with E-state index in [9.17, 15) is 4.39 Å². The van der Waals surface area contributed by atoms with Crippen LogP contribution in [-0.4, -0.2) is 22.7 Å². The van der Waals surface area contributed by atoms with Gasteiger partial charge in [0.05, 0.1) is 11.7 Å². The maximum Gasteiger partial charge on any atom is 0.231 e. The molecule has 1 saturated heterocycles. The quantitative estimate of drug-likeness (QED) is 0.878. The Kier molecular flexibility index (Phi) is 4.03. The summed E-state index contributed by atoms with van der Waals surface area (Å²) in [6.07, 6.45) is 1.04. The van der Waals surface area contributed by atoms with E-state index in [2.05, 4.69) is 22.4 Å². The van der Waals surface area contributed by atoms with Crippen LogP contribution < -0.4 is 5.32 Å². The summed E-state index contributed by atoms with van der Waals surface area (Å²) in [7, 11) is 0. The molecule has 6 heteroatoms. The van der Waals surface area contributed by atoms with Gasteiger partial charge in [0.2, 0.25) is 5.89 Å². The minimum atomic E-state index is -0.223. The van der Waals surface area contributed by atoms with Crippen LogP contribution in [0.15, 0.2) is 33.7 Å². The third-order valence-electron chi connectivity index (χ3n) is 3.51. The summed E-state index contributed by atoms with van der Waals surface area (Å²) >= 11 is 1.57. The van der Waals surface area contributed by atoms with Gasteiger partial charge in [-0.25, -0.2) is 4.39 Å². The molecule has 2 unspecified atom stereocenters. The summed E-state index contributed by atoms with van der Waals surface area (Å²) in [6.45, 7) is 3.13.